The summed E-state index contributed by atoms with van der Waals surface area (Å²) in [6, 6.07) is 16.0. The van der Waals surface area contributed by atoms with Crippen LogP contribution in [0.25, 0.3) is 5.69 Å². The Bertz CT molecular complexity index is 980. The molecule has 0 aliphatic rings. The molecule has 1 atom stereocenters. The Labute approximate surface area is 168 Å². The molecular weight excluding hydrogens is 372 g/mol. The number of para-hydroxylation sites is 1. The fraction of sp³-hybridized carbons (Fsp3) is 0.227. The highest BCUT2D eigenvalue weighted by Crippen LogP contribution is 2.21. The van der Waals surface area contributed by atoms with Crippen LogP contribution >= 0.6 is 0 Å². The monoisotopic (exact) mass is 394 g/mol. The number of Topliss-reactive ketones (excluding diaryl/α,β-unsaturated/α-hetero) is 1. The lowest BCUT2D eigenvalue weighted by Gasteiger charge is -2.12. The zero-order valence-electron chi connectivity index (χ0n) is 16.5. The number of rotatable bonds is 8. The zero-order valence-corrected chi connectivity index (χ0v) is 16.5. The van der Waals surface area contributed by atoms with Crippen LogP contribution in [0.5, 0.6) is 11.5 Å². The molecule has 2 aromatic carbocycles. The Balaban J connectivity index is 1.73. The molecule has 0 aliphatic carbocycles. The van der Waals surface area contributed by atoms with E-state index in [2.05, 4.69) is 5.10 Å². The predicted octanol–water partition coefficient (Wildman–Crippen LogP) is 3.71. The van der Waals surface area contributed by atoms with Gasteiger partial charge in [-0.3, -0.25) is 4.79 Å². The molecule has 3 rings (SSSR count). The quantitative estimate of drug-likeness (QED) is 0.428. The average molecular weight is 394 g/mol. The van der Waals surface area contributed by atoms with Gasteiger partial charge in [-0.05, 0) is 50.2 Å². The highest BCUT2D eigenvalue weighted by molar-refractivity contribution is 6.01. The average Bonchev–Trinajstić information content (AvgIpc) is 3.19. The number of ketones is 1. The van der Waals surface area contributed by atoms with Crippen LogP contribution in [-0.4, -0.2) is 41.4 Å². The van der Waals surface area contributed by atoms with Crippen LogP contribution in [0.1, 0.15) is 34.7 Å². The summed E-state index contributed by atoms with van der Waals surface area (Å²) in [5.41, 5.74) is 1.20. The van der Waals surface area contributed by atoms with Crippen LogP contribution in [0, 0.1) is 0 Å². The summed E-state index contributed by atoms with van der Waals surface area (Å²) in [6.07, 6.45) is 0.609. The third-order valence-electron chi connectivity index (χ3n) is 4.22. The summed E-state index contributed by atoms with van der Waals surface area (Å²) >= 11 is 0. The van der Waals surface area contributed by atoms with Gasteiger partial charge < -0.3 is 14.2 Å². The molecule has 0 fully saturated rings. The fourth-order valence-electron chi connectivity index (χ4n) is 2.75. The highest BCUT2D eigenvalue weighted by atomic mass is 16.5. The third kappa shape index (κ3) is 4.63. The molecule has 0 aliphatic heterocycles. The minimum atomic E-state index is -0.980. The second-order valence-corrected chi connectivity index (χ2v) is 6.20. The van der Waals surface area contributed by atoms with E-state index in [9.17, 15) is 9.59 Å². The van der Waals surface area contributed by atoms with Crippen molar-refractivity contribution in [3.63, 3.8) is 0 Å². The van der Waals surface area contributed by atoms with Gasteiger partial charge in [0.15, 0.2) is 11.9 Å². The van der Waals surface area contributed by atoms with Crippen molar-refractivity contribution in [2.45, 2.75) is 20.0 Å². The van der Waals surface area contributed by atoms with E-state index < -0.39 is 12.1 Å². The first-order chi connectivity index (χ1) is 14.0. The Morgan fingerprint density at radius 1 is 1.07 bits per heavy atom. The van der Waals surface area contributed by atoms with Crippen LogP contribution in [0.15, 0.2) is 60.8 Å². The second-order valence-electron chi connectivity index (χ2n) is 6.20. The number of esters is 1. The van der Waals surface area contributed by atoms with Gasteiger partial charge in [0.05, 0.1) is 25.6 Å². The number of hydrogen-bond donors (Lipinski definition) is 0. The molecule has 1 unspecified atom stereocenters. The van der Waals surface area contributed by atoms with E-state index in [4.69, 9.17) is 14.2 Å². The summed E-state index contributed by atoms with van der Waals surface area (Å²) in [5, 5.41) is 4.26. The van der Waals surface area contributed by atoms with E-state index >= 15 is 0 Å². The van der Waals surface area contributed by atoms with Gasteiger partial charge in [0.2, 0.25) is 11.5 Å². The van der Waals surface area contributed by atoms with Gasteiger partial charge in [-0.2, -0.15) is 5.10 Å². The maximum Gasteiger partial charge on any atom is 0.363 e. The van der Waals surface area contributed by atoms with Gasteiger partial charge in [-0.25, -0.2) is 9.48 Å². The fourth-order valence-corrected chi connectivity index (χ4v) is 2.75. The van der Waals surface area contributed by atoms with Crippen molar-refractivity contribution in [2.24, 2.45) is 0 Å². The first-order valence-corrected chi connectivity index (χ1v) is 9.20. The van der Waals surface area contributed by atoms with E-state index in [0.29, 0.717) is 17.9 Å². The van der Waals surface area contributed by atoms with Crippen molar-refractivity contribution in [3.8, 4) is 17.2 Å². The molecule has 0 spiro atoms. The van der Waals surface area contributed by atoms with Crippen LogP contribution in [0.4, 0.5) is 0 Å². The number of carbonyl (C=O) groups excluding carboxylic acids is 2. The van der Waals surface area contributed by atoms with E-state index in [1.54, 1.807) is 30.5 Å². The smallest absolute Gasteiger partial charge is 0.363 e. The minimum Gasteiger partial charge on any atom is -0.494 e. The van der Waals surface area contributed by atoms with E-state index in [-0.39, 0.29) is 17.2 Å². The minimum absolute atomic E-state index is 0.00250. The SMILES string of the molecule is CCOc1ccc(C(=O)C(C)OC(=O)c2nn(-c3ccccc3)cc2OC)cc1. The molecule has 29 heavy (non-hydrogen) atoms. The molecule has 7 heteroatoms. The molecular formula is C22H22N2O5. The van der Waals surface area contributed by atoms with E-state index in [1.165, 1.54) is 18.7 Å². The van der Waals surface area contributed by atoms with E-state index in [0.717, 1.165) is 5.69 Å². The van der Waals surface area contributed by atoms with Gasteiger partial charge in [0.25, 0.3) is 0 Å². The number of ether oxygens (including phenoxy) is 3. The van der Waals surface area contributed by atoms with Crippen LogP contribution in [0.3, 0.4) is 0 Å². The zero-order chi connectivity index (χ0) is 20.8. The summed E-state index contributed by atoms with van der Waals surface area (Å²) in [4.78, 5) is 25.2. The van der Waals surface area contributed by atoms with Crippen molar-refractivity contribution < 1.29 is 23.8 Å². The summed E-state index contributed by atoms with van der Waals surface area (Å²) < 4.78 is 17.5. The standard InChI is InChI=1S/C22H22N2O5/c1-4-28-18-12-10-16(11-13-18)21(25)15(2)29-22(26)20-19(27-3)14-24(23-20)17-8-6-5-7-9-17/h5-15H,4H2,1-3H3. The van der Waals surface area contributed by atoms with Gasteiger partial charge in [-0.15, -0.1) is 0 Å². The van der Waals surface area contributed by atoms with E-state index in [1.807, 2.05) is 37.3 Å². The Kier molecular flexibility index (Phi) is 6.29. The van der Waals surface area contributed by atoms with Gasteiger partial charge >= 0.3 is 5.97 Å². The number of nitrogens with zero attached hydrogens (tertiary/aromatic N) is 2. The second kappa shape index (κ2) is 9.05. The number of carbonyl (C=O) groups is 2. The Hall–Kier alpha value is -3.61. The van der Waals surface area contributed by atoms with Gasteiger partial charge in [0.1, 0.15) is 5.75 Å². The predicted molar refractivity (Wildman–Crippen MR) is 107 cm³/mol. The van der Waals surface area contributed by atoms with Crippen LogP contribution in [0.2, 0.25) is 0 Å². The molecule has 1 aromatic heterocycles. The Morgan fingerprint density at radius 2 is 1.76 bits per heavy atom. The lowest BCUT2D eigenvalue weighted by Crippen LogP contribution is -2.25. The molecule has 0 bridgehead atoms. The number of aromatic nitrogens is 2. The molecule has 0 amide bonds. The maximum atomic E-state index is 12.6. The normalized spacial score (nSPS) is 11.6. The first kappa shape index (κ1) is 20.1. The molecule has 0 N–H and O–H groups in total. The van der Waals surface area contributed by atoms with Crippen molar-refractivity contribution in [3.05, 3.63) is 72.1 Å². The van der Waals surface area contributed by atoms with Crippen LogP contribution < -0.4 is 9.47 Å². The van der Waals surface area contributed by atoms with Crippen molar-refractivity contribution in [1.82, 2.24) is 9.78 Å². The highest BCUT2D eigenvalue weighted by Gasteiger charge is 2.25. The molecule has 150 valence electrons. The summed E-state index contributed by atoms with van der Waals surface area (Å²) in [7, 11) is 1.44. The summed E-state index contributed by atoms with van der Waals surface area (Å²) in [5.74, 6) is -0.115. The lowest BCUT2D eigenvalue weighted by atomic mass is 10.1. The molecule has 3 aromatic rings. The molecule has 0 radical (unpaired) electrons. The van der Waals surface area contributed by atoms with Crippen LogP contribution in [-0.2, 0) is 4.74 Å². The summed E-state index contributed by atoms with van der Waals surface area (Å²) in [6.45, 7) is 3.95. The Morgan fingerprint density at radius 3 is 2.38 bits per heavy atom. The van der Waals surface area contributed by atoms with Gasteiger partial charge in [-0.1, -0.05) is 18.2 Å². The number of benzene rings is 2. The topological polar surface area (TPSA) is 79.7 Å². The largest absolute Gasteiger partial charge is 0.494 e. The molecule has 1 heterocycles. The van der Waals surface area contributed by atoms with Crippen molar-refractivity contribution in [2.75, 3.05) is 13.7 Å². The molecule has 0 saturated heterocycles. The van der Waals surface area contributed by atoms with Crippen molar-refractivity contribution in [1.29, 1.82) is 0 Å². The third-order valence-corrected chi connectivity index (χ3v) is 4.22. The number of methoxy groups -OCH3 is 1. The number of hydrogen-bond acceptors (Lipinski definition) is 6. The first-order valence-electron chi connectivity index (χ1n) is 9.20. The van der Waals surface area contributed by atoms with Gasteiger partial charge in [0, 0.05) is 5.56 Å². The molecule has 0 saturated carbocycles. The maximum absolute atomic E-state index is 12.6. The van der Waals surface area contributed by atoms with Crippen molar-refractivity contribution >= 4 is 11.8 Å². The molecule has 7 nitrogen and oxygen atoms in total. The lowest BCUT2D eigenvalue weighted by molar-refractivity contribution is 0.0309.